The molecular formula is C32H36ClF2N5O2. The van der Waals surface area contributed by atoms with Crippen molar-refractivity contribution < 1.29 is 18.6 Å². The third kappa shape index (κ3) is 4.50. The highest BCUT2D eigenvalue weighted by molar-refractivity contribution is 6.36. The molecule has 4 saturated heterocycles. The van der Waals surface area contributed by atoms with Gasteiger partial charge in [0.1, 0.15) is 24.3 Å². The van der Waals surface area contributed by atoms with Gasteiger partial charge in [0.05, 0.1) is 34.2 Å². The lowest BCUT2D eigenvalue weighted by Crippen LogP contribution is -2.43. The van der Waals surface area contributed by atoms with Crippen molar-refractivity contribution >= 4 is 28.1 Å². The van der Waals surface area contributed by atoms with Crippen LogP contribution in [0.25, 0.3) is 10.8 Å². The number of nitrogens with zero attached hydrogens (tertiary/aromatic N) is 4. The van der Waals surface area contributed by atoms with E-state index in [4.69, 9.17) is 26.3 Å². The molecule has 0 radical (unpaired) electrons. The second-order valence-corrected chi connectivity index (χ2v) is 13.5. The molecule has 2 aromatic carbocycles. The van der Waals surface area contributed by atoms with Crippen LogP contribution in [-0.4, -0.2) is 70.0 Å². The number of fused-ring (bicyclic) bond motifs is 5. The van der Waals surface area contributed by atoms with Crippen LogP contribution in [0, 0.1) is 5.82 Å². The highest BCUT2D eigenvalue weighted by Crippen LogP contribution is 2.44. The molecule has 222 valence electrons. The van der Waals surface area contributed by atoms with E-state index < -0.39 is 12.0 Å². The van der Waals surface area contributed by atoms with Crippen molar-refractivity contribution in [1.82, 2.24) is 20.2 Å². The Balaban J connectivity index is 1.16. The van der Waals surface area contributed by atoms with Gasteiger partial charge in [0.25, 0.3) is 0 Å². The molecule has 7 nitrogen and oxygen atoms in total. The largest absolute Gasteiger partial charge is 0.508 e. The molecule has 5 aliphatic rings. The lowest BCUT2D eigenvalue weighted by molar-refractivity contribution is 0.106. The minimum absolute atomic E-state index is 0.0500. The summed E-state index contributed by atoms with van der Waals surface area (Å²) < 4.78 is 35.4. The van der Waals surface area contributed by atoms with Gasteiger partial charge < -0.3 is 20.1 Å². The van der Waals surface area contributed by atoms with Gasteiger partial charge in [-0.3, -0.25) is 4.90 Å². The Morgan fingerprint density at radius 1 is 1.14 bits per heavy atom. The number of benzene rings is 2. The van der Waals surface area contributed by atoms with Gasteiger partial charge >= 0.3 is 6.01 Å². The summed E-state index contributed by atoms with van der Waals surface area (Å²) in [6.07, 6.45) is 6.91. The number of phenolic OH excluding ortho intramolecular Hbond substituents is 1. The average molecular weight is 596 g/mol. The number of rotatable bonds is 5. The maximum absolute atomic E-state index is 14.6. The summed E-state index contributed by atoms with van der Waals surface area (Å²) >= 11 is 6.48. The highest BCUT2D eigenvalue weighted by atomic mass is 35.5. The SMILES string of the molecule is Oc1cc(N2CCc3c(nc(OC[C@@]45CCCN4C[C@H](F)C5)nc3C3CC4CCC(C3)N4)C2)c2c(Cl)c(F)ccc2c1. The molecular weight excluding hydrogens is 560 g/mol. The van der Waals surface area contributed by atoms with Crippen LogP contribution < -0.4 is 15.0 Å². The lowest BCUT2D eigenvalue weighted by Gasteiger charge is -2.35. The standard InChI is InChI=1S/C32H36ClF2N5O2/c33-29-25(35)5-2-18-12-23(41)13-27(28(18)29)39-9-6-24-26(16-39)37-31(38-30(24)19-10-21-3-4-22(11-19)36-21)42-17-32-7-1-8-40(32)15-20(34)14-32/h2,5,12-13,19-22,36,41H,1,3-4,6-11,14-17H2/t19?,20-,21?,22?,32+/m1/s1. The van der Waals surface area contributed by atoms with Gasteiger partial charge in [-0.2, -0.15) is 9.97 Å². The summed E-state index contributed by atoms with van der Waals surface area (Å²) in [6, 6.07) is 7.64. The smallest absolute Gasteiger partial charge is 0.316 e. The van der Waals surface area contributed by atoms with E-state index >= 15 is 0 Å². The molecule has 0 aliphatic carbocycles. The van der Waals surface area contributed by atoms with Crippen LogP contribution in [-0.2, 0) is 13.0 Å². The highest BCUT2D eigenvalue weighted by Gasteiger charge is 2.49. The molecule has 4 atom stereocenters. The van der Waals surface area contributed by atoms with Crippen LogP contribution in [0.15, 0.2) is 24.3 Å². The van der Waals surface area contributed by atoms with E-state index in [0.717, 1.165) is 50.0 Å². The number of hydrogen-bond donors (Lipinski definition) is 2. The number of aromatic hydroxyl groups is 1. The Morgan fingerprint density at radius 3 is 2.81 bits per heavy atom. The minimum Gasteiger partial charge on any atom is -0.508 e. The Bertz CT molecular complexity index is 1550. The fourth-order valence-electron chi connectivity index (χ4n) is 8.58. The fraction of sp³-hybridized carbons (Fsp3) is 0.562. The number of aromatic nitrogens is 2. The zero-order valence-electron chi connectivity index (χ0n) is 23.6. The van der Waals surface area contributed by atoms with E-state index in [9.17, 15) is 13.9 Å². The van der Waals surface area contributed by atoms with Crippen LogP contribution in [0.2, 0.25) is 5.02 Å². The summed E-state index contributed by atoms with van der Waals surface area (Å²) in [4.78, 5) is 14.4. The first-order valence-electron chi connectivity index (χ1n) is 15.4. The average Bonchev–Trinajstić information content (AvgIpc) is 3.63. The number of phenols is 1. The molecule has 8 rings (SSSR count). The van der Waals surface area contributed by atoms with Gasteiger partial charge in [0, 0.05) is 49.0 Å². The van der Waals surface area contributed by atoms with E-state index in [1.54, 1.807) is 18.2 Å². The first-order chi connectivity index (χ1) is 20.3. The van der Waals surface area contributed by atoms with Crippen molar-refractivity contribution in [2.75, 3.05) is 31.1 Å². The molecule has 1 aromatic heterocycles. The molecule has 3 aromatic rings. The minimum atomic E-state index is -0.818. The summed E-state index contributed by atoms with van der Waals surface area (Å²) in [5.41, 5.74) is 3.57. The third-order valence-corrected chi connectivity index (χ3v) is 10.8. The number of nitrogens with one attached hydrogen (secondary N) is 1. The maximum atomic E-state index is 14.6. The number of halogens is 3. The Labute approximate surface area is 249 Å². The van der Waals surface area contributed by atoms with Crippen molar-refractivity contribution in [3.8, 4) is 11.8 Å². The Hall–Kier alpha value is -2.75. The molecule has 4 fully saturated rings. The first kappa shape index (κ1) is 26.8. The normalized spacial score (nSPS) is 30.6. The number of ether oxygens (including phenoxy) is 1. The van der Waals surface area contributed by atoms with E-state index in [2.05, 4.69) is 15.1 Å². The summed E-state index contributed by atoms with van der Waals surface area (Å²) in [5, 5.41) is 15.6. The topological polar surface area (TPSA) is 73.8 Å². The molecule has 0 amide bonds. The predicted octanol–water partition coefficient (Wildman–Crippen LogP) is 5.64. The van der Waals surface area contributed by atoms with Crippen molar-refractivity contribution in [1.29, 1.82) is 0 Å². The third-order valence-electron chi connectivity index (χ3n) is 10.5. The van der Waals surface area contributed by atoms with Crippen molar-refractivity contribution in [2.45, 2.75) is 87.6 Å². The fourth-order valence-corrected chi connectivity index (χ4v) is 8.85. The van der Waals surface area contributed by atoms with Gasteiger partial charge in [-0.15, -0.1) is 0 Å². The number of anilines is 1. The summed E-state index contributed by atoms with van der Waals surface area (Å²) in [5.74, 6) is -0.0499. The van der Waals surface area contributed by atoms with Gasteiger partial charge in [-0.05, 0) is 74.6 Å². The van der Waals surface area contributed by atoms with Gasteiger partial charge in [0.15, 0.2) is 0 Å². The van der Waals surface area contributed by atoms with E-state index in [-0.39, 0.29) is 16.3 Å². The van der Waals surface area contributed by atoms with E-state index in [1.165, 1.54) is 24.5 Å². The second-order valence-electron chi connectivity index (χ2n) is 13.1. The van der Waals surface area contributed by atoms with Crippen molar-refractivity contribution in [3.63, 3.8) is 0 Å². The summed E-state index contributed by atoms with van der Waals surface area (Å²) in [7, 11) is 0. The first-order valence-corrected chi connectivity index (χ1v) is 15.8. The van der Waals surface area contributed by atoms with Gasteiger partial charge in [-0.25, -0.2) is 8.78 Å². The van der Waals surface area contributed by atoms with E-state index in [0.29, 0.717) is 73.1 Å². The molecule has 0 saturated carbocycles. The predicted molar refractivity (Wildman–Crippen MR) is 158 cm³/mol. The van der Waals surface area contributed by atoms with Crippen LogP contribution in [0.3, 0.4) is 0 Å². The second kappa shape index (κ2) is 10.2. The molecule has 2 bridgehead atoms. The maximum Gasteiger partial charge on any atom is 0.316 e. The summed E-state index contributed by atoms with van der Waals surface area (Å²) in [6.45, 7) is 2.91. The van der Waals surface area contributed by atoms with Gasteiger partial charge in [0.2, 0.25) is 0 Å². The number of hydrogen-bond acceptors (Lipinski definition) is 7. The molecule has 10 heteroatoms. The molecule has 2 unspecified atom stereocenters. The zero-order valence-corrected chi connectivity index (χ0v) is 24.3. The van der Waals surface area contributed by atoms with Crippen molar-refractivity contribution in [3.05, 3.63) is 52.1 Å². The van der Waals surface area contributed by atoms with Crippen LogP contribution >= 0.6 is 11.6 Å². The van der Waals surface area contributed by atoms with Crippen LogP contribution in [0.4, 0.5) is 14.5 Å². The van der Waals surface area contributed by atoms with E-state index in [1.807, 2.05) is 0 Å². The van der Waals surface area contributed by atoms with Crippen LogP contribution in [0.5, 0.6) is 11.8 Å². The quantitative estimate of drug-likeness (QED) is 0.395. The molecule has 5 aliphatic heterocycles. The zero-order chi connectivity index (χ0) is 28.6. The Kier molecular flexibility index (Phi) is 6.50. The molecule has 6 heterocycles. The van der Waals surface area contributed by atoms with Crippen molar-refractivity contribution in [2.24, 2.45) is 0 Å². The molecule has 0 spiro atoms. The molecule has 2 N–H and O–H groups in total. The lowest BCUT2D eigenvalue weighted by atomic mass is 9.85. The molecule has 42 heavy (non-hydrogen) atoms. The Morgan fingerprint density at radius 2 is 1.98 bits per heavy atom. The monoisotopic (exact) mass is 595 g/mol. The number of piperidine rings is 1. The van der Waals surface area contributed by atoms with Crippen LogP contribution in [0.1, 0.15) is 67.8 Å². The number of alkyl halides is 1. The van der Waals surface area contributed by atoms with Gasteiger partial charge in [-0.1, -0.05) is 17.7 Å².